The van der Waals surface area contributed by atoms with E-state index in [2.05, 4.69) is 4.98 Å². The molecule has 0 saturated heterocycles. The molecule has 0 amide bonds. The summed E-state index contributed by atoms with van der Waals surface area (Å²) in [6, 6.07) is 1.94. The van der Waals surface area contributed by atoms with Crippen LogP contribution in [-0.4, -0.2) is 16.6 Å². The van der Waals surface area contributed by atoms with Crippen molar-refractivity contribution in [2.45, 2.75) is 38.7 Å². The molecule has 2 rings (SSSR count). The van der Waals surface area contributed by atoms with Gasteiger partial charge in [-0.05, 0) is 31.4 Å². The van der Waals surface area contributed by atoms with E-state index in [9.17, 15) is 5.11 Å². The number of pyridine rings is 1. The van der Waals surface area contributed by atoms with Gasteiger partial charge in [0.05, 0.1) is 6.10 Å². The smallest absolute Gasteiger partial charge is 0.0875 e. The summed E-state index contributed by atoms with van der Waals surface area (Å²) in [4.78, 5) is 4.10. The molecule has 1 unspecified atom stereocenters. The van der Waals surface area contributed by atoms with Gasteiger partial charge in [-0.25, -0.2) is 0 Å². The maximum absolute atomic E-state index is 10.5. The molecule has 1 aliphatic carbocycles. The monoisotopic (exact) mass is 220 g/mol. The maximum Gasteiger partial charge on any atom is 0.0875 e. The third kappa shape index (κ3) is 1.85. The summed E-state index contributed by atoms with van der Waals surface area (Å²) in [6.45, 7) is 2.57. The van der Waals surface area contributed by atoms with Crippen LogP contribution in [0.25, 0.3) is 0 Å². The largest absolute Gasteiger partial charge is 0.388 e. The normalized spacial score (nSPS) is 20.9. The Balaban J connectivity index is 2.30. The molecular formula is C13H20N2O. The second-order valence-electron chi connectivity index (χ2n) is 4.91. The third-order valence-electron chi connectivity index (χ3n) is 3.96. The molecule has 0 aromatic carbocycles. The second kappa shape index (κ2) is 4.52. The van der Waals surface area contributed by atoms with Gasteiger partial charge in [0.15, 0.2) is 0 Å². The Morgan fingerprint density at radius 3 is 2.75 bits per heavy atom. The summed E-state index contributed by atoms with van der Waals surface area (Å²) >= 11 is 0. The van der Waals surface area contributed by atoms with Crippen LogP contribution in [0, 0.1) is 12.3 Å². The number of rotatable bonds is 3. The molecule has 3 nitrogen and oxygen atoms in total. The lowest BCUT2D eigenvalue weighted by atomic mass is 9.77. The molecule has 0 radical (unpaired) electrons. The molecule has 1 atom stereocenters. The highest BCUT2D eigenvalue weighted by molar-refractivity contribution is 5.26. The molecular weight excluding hydrogens is 200 g/mol. The summed E-state index contributed by atoms with van der Waals surface area (Å²) in [6.07, 6.45) is 7.47. The Bertz CT molecular complexity index is 359. The van der Waals surface area contributed by atoms with Crippen molar-refractivity contribution >= 4 is 0 Å². The lowest BCUT2D eigenvalue weighted by molar-refractivity contribution is 0.0326. The molecule has 88 valence electrons. The summed E-state index contributed by atoms with van der Waals surface area (Å²) in [5.74, 6) is 0. The molecule has 1 fully saturated rings. The van der Waals surface area contributed by atoms with Crippen LogP contribution in [0.4, 0.5) is 0 Å². The fourth-order valence-corrected chi connectivity index (χ4v) is 2.76. The number of hydrogen-bond donors (Lipinski definition) is 2. The molecule has 3 N–H and O–H groups in total. The second-order valence-corrected chi connectivity index (χ2v) is 4.91. The Kier molecular flexibility index (Phi) is 3.26. The molecule has 3 heteroatoms. The van der Waals surface area contributed by atoms with Gasteiger partial charge in [0.2, 0.25) is 0 Å². The highest BCUT2D eigenvalue weighted by atomic mass is 16.3. The fourth-order valence-electron chi connectivity index (χ4n) is 2.76. The number of aliphatic hydroxyl groups excluding tert-OH is 1. The highest BCUT2D eigenvalue weighted by Gasteiger charge is 2.40. The van der Waals surface area contributed by atoms with E-state index >= 15 is 0 Å². The van der Waals surface area contributed by atoms with Crippen molar-refractivity contribution in [3.05, 3.63) is 29.6 Å². The zero-order valence-electron chi connectivity index (χ0n) is 9.82. The Morgan fingerprint density at radius 2 is 2.19 bits per heavy atom. The summed E-state index contributed by atoms with van der Waals surface area (Å²) < 4.78 is 0. The van der Waals surface area contributed by atoms with E-state index in [1.54, 1.807) is 12.4 Å². The minimum atomic E-state index is -0.464. The van der Waals surface area contributed by atoms with Crippen LogP contribution in [0.1, 0.15) is 42.9 Å². The Morgan fingerprint density at radius 1 is 1.50 bits per heavy atom. The van der Waals surface area contributed by atoms with Crippen LogP contribution in [0.5, 0.6) is 0 Å². The predicted molar refractivity (Wildman–Crippen MR) is 63.9 cm³/mol. The zero-order valence-corrected chi connectivity index (χ0v) is 9.82. The Hall–Kier alpha value is -0.930. The number of aliphatic hydroxyl groups is 1. The van der Waals surface area contributed by atoms with Crippen LogP contribution in [0.2, 0.25) is 0 Å². The van der Waals surface area contributed by atoms with Gasteiger partial charge in [-0.1, -0.05) is 12.8 Å². The van der Waals surface area contributed by atoms with E-state index in [1.165, 1.54) is 12.8 Å². The first-order valence-electron chi connectivity index (χ1n) is 5.98. The quantitative estimate of drug-likeness (QED) is 0.818. The van der Waals surface area contributed by atoms with Gasteiger partial charge in [0, 0.05) is 29.9 Å². The first kappa shape index (κ1) is 11.6. The van der Waals surface area contributed by atoms with Gasteiger partial charge in [-0.3, -0.25) is 4.98 Å². The first-order valence-corrected chi connectivity index (χ1v) is 5.98. The highest BCUT2D eigenvalue weighted by Crippen LogP contribution is 2.47. The molecule has 0 aliphatic heterocycles. The van der Waals surface area contributed by atoms with E-state index in [1.807, 2.05) is 13.0 Å². The molecule has 1 aliphatic rings. The standard InChI is InChI=1S/C13H20N2O/c1-10-4-7-15-8-11(10)12(16)13(9-14)5-2-3-6-13/h4,7-8,12,16H,2-3,5-6,9,14H2,1H3. The number of nitrogens with two attached hydrogens (primary N) is 1. The SMILES string of the molecule is Cc1ccncc1C(O)C1(CN)CCCC1. The van der Waals surface area contributed by atoms with Crippen molar-refractivity contribution in [2.24, 2.45) is 11.1 Å². The number of aromatic nitrogens is 1. The van der Waals surface area contributed by atoms with Crippen molar-refractivity contribution in [2.75, 3.05) is 6.54 Å². The van der Waals surface area contributed by atoms with Gasteiger partial charge in [-0.2, -0.15) is 0 Å². The fraction of sp³-hybridized carbons (Fsp3) is 0.615. The molecule has 1 aromatic rings. The molecule has 1 aromatic heterocycles. The number of hydrogen-bond acceptors (Lipinski definition) is 3. The van der Waals surface area contributed by atoms with Crippen molar-refractivity contribution in [1.82, 2.24) is 4.98 Å². The molecule has 0 spiro atoms. The van der Waals surface area contributed by atoms with E-state index in [0.717, 1.165) is 24.0 Å². The first-order chi connectivity index (χ1) is 7.69. The van der Waals surface area contributed by atoms with Crippen LogP contribution >= 0.6 is 0 Å². The predicted octanol–water partition coefficient (Wildman–Crippen LogP) is 1.94. The molecule has 1 saturated carbocycles. The average Bonchev–Trinajstić information content (AvgIpc) is 2.78. The minimum absolute atomic E-state index is 0.117. The lowest BCUT2D eigenvalue weighted by Crippen LogP contribution is -2.34. The van der Waals surface area contributed by atoms with Crippen molar-refractivity contribution in [1.29, 1.82) is 0 Å². The van der Waals surface area contributed by atoms with Gasteiger partial charge >= 0.3 is 0 Å². The van der Waals surface area contributed by atoms with E-state index in [0.29, 0.717) is 6.54 Å². The molecule has 0 bridgehead atoms. The van der Waals surface area contributed by atoms with Gasteiger partial charge in [0.25, 0.3) is 0 Å². The maximum atomic E-state index is 10.5. The molecule has 1 heterocycles. The zero-order chi connectivity index (χ0) is 11.6. The van der Waals surface area contributed by atoms with Crippen molar-refractivity contribution in [3.8, 4) is 0 Å². The van der Waals surface area contributed by atoms with E-state index in [-0.39, 0.29) is 5.41 Å². The lowest BCUT2D eigenvalue weighted by Gasteiger charge is -2.33. The average molecular weight is 220 g/mol. The van der Waals surface area contributed by atoms with Crippen molar-refractivity contribution < 1.29 is 5.11 Å². The number of nitrogens with zero attached hydrogens (tertiary/aromatic N) is 1. The van der Waals surface area contributed by atoms with Crippen LogP contribution in [0.3, 0.4) is 0 Å². The van der Waals surface area contributed by atoms with Gasteiger partial charge in [0.1, 0.15) is 0 Å². The van der Waals surface area contributed by atoms with Crippen LogP contribution in [-0.2, 0) is 0 Å². The van der Waals surface area contributed by atoms with E-state index in [4.69, 9.17) is 5.73 Å². The number of aryl methyl sites for hydroxylation is 1. The Labute approximate surface area is 96.7 Å². The topological polar surface area (TPSA) is 59.1 Å². The summed E-state index contributed by atoms with van der Waals surface area (Å²) in [7, 11) is 0. The molecule has 16 heavy (non-hydrogen) atoms. The third-order valence-corrected chi connectivity index (χ3v) is 3.96. The van der Waals surface area contributed by atoms with E-state index < -0.39 is 6.10 Å². The van der Waals surface area contributed by atoms with Gasteiger partial charge in [-0.15, -0.1) is 0 Å². The van der Waals surface area contributed by atoms with Gasteiger partial charge < -0.3 is 10.8 Å². The summed E-state index contributed by atoms with van der Waals surface area (Å²) in [5, 5.41) is 10.5. The summed E-state index contributed by atoms with van der Waals surface area (Å²) in [5.41, 5.74) is 7.80. The van der Waals surface area contributed by atoms with Crippen LogP contribution < -0.4 is 5.73 Å². The van der Waals surface area contributed by atoms with Crippen LogP contribution in [0.15, 0.2) is 18.5 Å². The minimum Gasteiger partial charge on any atom is -0.388 e. The van der Waals surface area contributed by atoms with Crippen molar-refractivity contribution in [3.63, 3.8) is 0 Å².